The van der Waals surface area contributed by atoms with E-state index in [0.717, 1.165) is 0 Å². The summed E-state index contributed by atoms with van der Waals surface area (Å²) in [6.07, 6.45) is 2.14. The highest BCUT2D eigenvalue weighted by molar-refractivity contribution is 6.43. The molecule has 0 atom stereocenters. The average molecular weight is 156 g/mol. The third-order valence-electron chi connectivity index (χ3n) is 1.08. The summed E-state index contributed by atoms with van der Waals surface area (Å²) in [6.45, 7) is 10.3. The molecule has 11 heavy (non-hydrogen) atoms. The Kier molecular flexibility index (Phi) is 4.46. The summed E-state index contributed by atoms with van der Waals surface area (Å²) >= 11 is 0. The van der Waals surface area contributed by atoms with Gasteiger partial charge in [-0.05, 0) is 11.7 Å². The smallest absolute Gasteiger partial charge is 0.427 e. The SMILES string of the molecule is C=CCB(O)OCC(C)(C)C. The van der Waals surface area contributed by atoms with Crippen molar-refractivity contribution in [1.82, 2.24) is 0 Å². The van der Waals surface area contributed by atoms with Crippen molar-refractivity contribution in [2.75, 3.05) is 6.61 Å². The van der Waals surface area contributed by atoms with Gasteiger partial charge < -0.3 is 9.68 Å². The van der Waals surface area contributed by atoms with Crippen LogP contribution in [0, 0.1) is 5.41 Å². The molecule has 0 amide bonds. The van der Waals surface area contributed by atoms with Crippen molar-refractivity contribution < 1.29 is 9.68 Å². The van der Waals surface area contributed by atoms with Crippen molar-refractivity contribution in [2.24, 2.45) is 5.41 Å². The van der Waals surface area contributed by atoms with E-state index in [1.165, 1.54) is 0 Å². The second-order valence-corrected chi connectivity index (χ2v) is 3.85. The van der Waals surface area contributed by atoms with Crippen LogP contribution in [0.5, 0.6) is 0 Å². The maximum absolute atomic E-state index is 9.12. The number of hydrogen-bond donors (Lipinski definition) is 1. The highest BCUT2D eigenvalue weighted by Gasteiger charge is 2.16. The molecule has 0 fully saturated rings. The fourth-order valence-electron chi connectivity index (χ4n) is 0.557. The normalized spacial score (nSPS) is 11.3. The molecule has 0 aromatic rings. The topological polar surface area (TPSA) is 29.5 Å². The molecule has 2 nitrogen and oxygen atoms in total. The van der Waals surface area contributed by atoms with Crippen LogP contribution in [0.15, 0.2) is 12.7 Å². The Bertz CT molecular complexity index is 118. The summed E-state index contributed by atoms with van der Waals surface area (Å²) < 4.78 is 5.13. The Labute approximate surface area is 69.4 Å². The molecule has 0 saturated heterocycles. The molecule has 0 aromatic carbocycles. The molecule has 0 radical (unpaired) electrons. The predicted molar refractivity (Wildman–Crippen MR) is 48.4 cm³/mol. The van der Waals surface area contributed by atoms with Crippen molar-refractivity contribution in [3.63, 3.8) is 0 Å². The minimum absolute atomic E-state index is 0.113. The first kappa shape index (κ1) is 10.7. The summed E-state index contributed by atoms with van der Waals surface area (Å²) in [7, 11) is -0.688. The van der Waals surface area contributed by atoms with Gasteiger partial charge in [0.1, 0.15) is 0 Å². The third kappa shape index (κ3) is 7.62. The molecule has 0 saturated carbocycles. The number of allylic oxidation sites excluding steroid dienone is 1. The van der Waals surface area contributed by atoms with Crippen LogP contribution in [-0.4, -0.2) is 18.7 Å². The lowest BCUT2D eigenvalue weighted by molar-refractivity contribution is 0.169. The molecule has 0 aliphatic rings. The fraction of sp³-hybridized carbons (Fsp3) is 0.750. The van der Waals surface area contributed by atoms with Crippen molar-refractivity contribution in [3.8, 4) is 0 Å². The molecule has 0 unspecified atom stereocenters. The van der Waals surface area contributed by atoms with Crippen LogP contribution in [0.1, 0.15) is 20.8 Å². The molecule has 0 spiro atoms. The number of rotatable bonds is 4. The van der Waals surface area contributed by atoms with E-state index in [0.29, 0.717) is 12.9 Å². The molecule has 0 aliphatic heterocycles. The molecule has 0 rings (SSSR count). The van der Waals surface area contributed by atoms with E-state index in [2.05, 4.69) is 27.4 Å². The summed E-state index contributed by atoms with van der Waals surface area (Å²) in [6, 6.07) is 0. The zero-order chi connectivity index (χ0) is 8.91. The molecule has 0 aliphatic carbocycles. The average Bonchev–Trinajstić information content (AvgIpc) is 1.83. The highest BCUT2D eigenvalue weighted by Crippen LogP contribution is 2.13. The van der Waals surface area contributed by atoms with Crippen molar-refractivity contribution in [1.29, 1.82) is 0 Å². The highest BCUT2D eigenvalue weighted by atomic mass is 16.5. The van der Waals surface area contributed by atoms with Gasteiger partial charge in [0.05, 0.1) is 0 Å². The van der Waals surface area contributed by atoms with Crippen LogP contribution >= 0.6 is 0 Å². The first-order valence-electron chi connectivity index (χ1n) is 3.86. The molecule has 0 bridgehead atoms. The van der Waals surface area contributed by atoms with Gasteiger partial charge in [0.2, 0.25) is 0 Å². The van der Waals surface area contributed by atoms with Gasteiger partial charge in [-0.3, -0.25) is 0 Å². The first-order valence-corrected chi connectivity index (χ1v) is 3.86. The quantitative estimate of drug-likeness (QED) is 0.496. The van der Waals surface area contributed by atoms with Crippen molar-refractivity contribution in [3.05, 3.63) is 12.7 Å². The van der Waals surface area contributed by atoms with Crippen LogP contribution in [0.2, 0.25) is 6.32 Å². The van der Waals surface area contributed by atoms with Gasteiger partial charge in [0.25, 0.3) is 0 Å². The Morgan fingerprint density at radius 2 is 2.09 bits per heavy atom. The summed E-state index contributed by atoms with van der Waals surface area (Å²) in [5, 5.41) is 9.12. The summed E-state index contributed by atoms with van der Waals surface area (Å²) in [4.78, 5) is 0. The molecule has 3 heteroatoms. The van der Waals surface area contributed by atoms with E-state index in [9.17, 15) is 0 Å². The zero-order valence-electron chi connectivity index (χ0n) is 7.63. The standard InChI is InChI=1S/C8H17BO2/c1-5-6-9(10)11-7-8(2,3)4/h5,10H,1,6-7H2,2-4H3. The van der Waals surface area contributed by atoms with Crippen molar-refractivity contribution >= 4 is 7.12 Å². The lowest BCUT2D eigenvalue weighted by Crippen LogP contribution is -2.24. The van der Waals surface area contributed by atoms with E-state index in [4.69, 9.17) is 9.68 Å². The van der Waals surface area contributed by atoms with Crippen LogP contribution in [0.4, 0.5) is 0 Å². The molecule has 64 valence electrons. The minimum atomic E-state index is -0.688. The Balaban J connectivity index is 3.45. The monoisotopic (exact) mass is 156 g/mol. The fourth-order valence-corrected chi connectivity index (χ4v) is 0.557. The van der Waals surface area contributed by atoms with Crippen LogP contribution in [0.3, 0.4) is 0 Å². The summed E-state index contributed by atoms with van der Waals surface area (Å²) in [5.41, 5.74) is 0.113. The van der Waals surface area contributed by atoms with Gasteiger partial charge in [0.15, 0.2) is 0 Å². The molecule has 1 N–H and O–H groups in total. The van der Waals surface area contributed by atoms with Crippen LogP contribution < -0.4 is 0 Å². The Morgan fingerprint density at radius 1 is 1.55 bits per heavy atom. The molecule has 0 heterocycles. The predicted octanol–water partition coefficient (Wildman–Crippen LogP) is 1.72. The van der Waals surface area contributed by atoms with Gasteiger partial charge in [-0.1, -0.05) is 26.8 Å². The van der Waals surface area contributed by atoms with Crippen molar-refractivity contribution in [2.45, 2.75) is 27.1 Å². The van der Waals surface area contributed by atoms with Gasteiger partial charge in [-0.15, -0.1) is 6.58 Å². The lowest BCUT2D eigenvalue weighted by atomic mass is 9.85. The third-order valence-corrected chi connectivity index (χ3v) is 1.08. The molecular formula is C8H17BO2. The van der Waals surface area contributed by atoms with E-state index in [1.54, 1.807) is 6.08 Å². The van der Waals surface area contributed by atoms with Crippen LogP contribution in [0.25, 0.3) is 0 Å². The zero-order valence-corrected chi connectivity index (χ0v) is 7.63. The first-order chi connectivity index (χ1) is 4.95. The lowest BCUT2D eigenvalue weighted by Gasteiger charge is -2.19. The Hall–Kier alpha value is -0.275. The molecular weight excluding hydrogens is 139 g/mol. The van der Waals surface area contributed by atoms with Gasteiger partial charge in [0, 0.05) is 6.61 Å². The maximum Gasteiger partial charge on any atom is 0.458 e. The van der Waals surface area contributed by atoms with Gasteiger partial charge in [-0.25, -0.2) is 0 Å². The van der Waals surface area contributed by atoms with Gasteiger partial charge in [-0.2, -0.15) is 0 Å². The largest absolute Gasteiger partial charge is 0.458 e. The second-order valence-electron chi connectivity index (χ2n) is 3.85. The number of hydrogen-bond acceptors (Lipinski definition) is 2. The van der Waals surface area contributed by atoms with E-state index in [1.807, 2.05) is 0 Å². The Morgan fingerprint density at radius 3 is 2.45 bits per heavy atom. The van der Waals surface area contributed by atoms with Crippen LogP contribution in [-0.2, 0) is 4.65 Å². The van der Waals surface area contributed by atoms with E-state index < -0.39 is 7.12 Å². The summed E-state index contributed by atoms with van der Waals surface area (Å²) in [5.74, 6) is 0. The molecule has 0 aromatic heterocycles. The maximum atomic E-state index is 9.12. The second kappa shape index (κ2) is 4.57. The minimum Gasteiger partial charge on any atom is -0.427 e. The van der Waals surface area contributed by atoms with E-state index >= 15 is 0 Å². The van der Waals surface area contributed by atoms with E-state index in [-0.39, 0.29) is 5.41 Å². The van der Waals surface area contributed by atoms with Gasteiger partial charge >= 0.3 is 7.12 Å².